The van der Waals surface area contributed by atoms with Gasteiger partial charge >= 0.3 is 5.97 Å². The highest BCUT2D eigenvalue weighted by Crippen LogP contribution is 2.28. The van der Waals surface area contributed by atoms with Gasteiger partial charge in [0.05, 0.1) is 11.3 Å². The molecular weight excluding hydrogens is 396 g/mol. The molecule has 0 saturated heterocycles. The number of likely N-dealkylation sites (N-methyl/N-ethyl adjacent to an activating group) is 1. The van der Waals surface area contributed by atoms with E-state index in [0.29, 0.717) is 12.2 Å². The molecular formula is C28H28N2O2. The second kappa shape index (κ2) is 10.2. The van der Waals surface area contributed by atoms with Gasteiger partial charge in [-0.05, 0) is 65.0 Å². The van der Waals surface area contributed by atoms with Gasteiger partial charge in [-0.3, -0.25) is 4.99 Å². The molecule has 0 N–H and O–H groups in total. The minimum absolute atomic E-state index is 0.298. The quantitative estimate of drug-likeness (QED) is 0.191. The summed E-state index contributed by atoms with van der Waals surface area (Å²) in [5, 5.41) is 4.72. The Morgan fingerprint density at radius 3 is 2.06 bits per heavy atom. The Kier molecular flexibility index (Phi) is 6.93. The number of rotatable bonds is 8. The van der Waals surface area contributed by atoms with Crippen molar-refractivity contribution in [1.29, 1.82) is 0 Å². The molecule has 0 aliphatic carbocycles. The number of benzene rings is 4. The van der Waals surface area contributed by atoms with E-state index in [9.17, 15) is 4.79 Å². The van der Waals surface area contributed by atoms with Gasteiger partial charge in [-0.25, -0.2) is 4.79 Å². The fourth-order valence-corrected chi connectivity index (χ4v) is 3.90. The molecule has 0 spiro atoms. The average Bonchev–Trinajstić information content (AvgIpc) is 2.84. The van der Waals surface area contributed by atoms with Crippen molar-refractivity contribution in [2.75, 3.05) is 26.2 Å². The topological polar surface area (TPSA) is 41.9 Å². The summed E-state index contributed by atoms with van der Waals surface area (Å²) in [6.45, 7) is 7.26. The summed E-state index contributed by atoms with van der Waals surface area (Å²) in [4.78, 5) is 19.2. The van der Waals surface area contributed by atoms with Crippen molar-refractivity contribution in [2.45, 2.75) is 13.8 Å². The number of carbonyl (C=O) groups is 1. The van der Waals surface area contributed by atoms with Gasteiger partial charge in [-0.1, -0.05) is 62.4 Å². The fourth-order valence-electron chi connectivity index (χ4n) is 3.90. The third-order valence-corrected chi connectivity index (χ3v) is 5.79. The van der Waals surface area contributed by atoms with Crippen molar-refractivity contribution in [2.24, 2.45) is 4.99 Å². The lowest BCUT2D eigenvalue weighted by molar-refractivity contribution is 0.0466. The van der Waals surface area contributed by atoms with Crippen LogP contribution in [0.1, 0.15) is 29.8 Å². The van der Waals surface area contributed by atoms with Gasteiger partial charge in [-0.2, -0.15) is 0 Å². The standard InChI is InChI=1S/C28H28N2O2/c1-3-30(4-2)17-18-32-28(31)21-13-15-24(16-14-21)29-20-27-25-11-7-5-9-22(25)19-23-10-6-8-12-26(23)27/h5-16,19-20H,3-4,17-18H2,1-2H3. The van der Waals surface area contributed by atoms with Gasteiger partial charge in [-0.15, -0.1) is 0 Å². The van der Waals surface area contributed by atoms with E-state index in [4.69, 9.17) is 9.73 Å². The Hall–Kier alpha value is -3.50. The van der Waals surface area contributed by atoms with Gasteiger partial charge in [0.25, 0.3) is 0 Å². The highest BCUT2D eigenvalue weighted by Gasteiger charge is 2.09. The smallest absolute Gasteiger partial charge is 0.338 e. The van der Waals surface area contributed by atoms with Gasteiger partial charge in [0.2, 0.25) is 0 Å². The predicted octanol–water partition coefficient (Wildman–Crippen LogP) is 6.24. The lowest BCUT2D eigenvalue weighted by Gasteiger charge is -2.17. The molecule has 0 atom stereocenters. The molecule has 4 aromatic carbocycles. The van der Waals surface area contributed by atoms with Crippen LogP contribution in [0.2, 0.25) is 0 Å². The summed E-state index contributed by atoms with van der Waals surface area (Å²) >= 11 is 0. The number of hydrogen-bond acceptors (Lipinski definition) is 4. The number of esters is 1. The highest BCUT2D eigenvalue weighted by molar-refractivity contribution is 6.13. The van der Waals surface area contributed by atoms with Crippen molar-refractivity contribution in [3.05, 3.63) is 90.0 Å². The van der Waals surface area contributed by atoms with E-state index in [1.54, 1.807) is 12.1 Å². The number of ether oxygens (including phenoxy) is 1. The fraction of sp³-hybridized carbons (Fsp3) is 0.214. The summed E-state index contributed by atoms with van der Waals surface area (Å²) in [6, 6.07) is 26.2. The van der Waals surface area contributed by atoms with Crippen LogP contribution in [0.15, 0.2) is 83.9 Å². The lowest BCUT2D eigenvalue weighted by Crippen LogP contribution is -2.27. The second-order valence-electron chi connectivity index (χ2n) is 7.70. The first kappa shape index (κ1) is 21.7. The van der Waals surface area contributed by atoms with E-state index < -0.39 is 0 Å². The summed E-state index contributed by atoms with van der Waals surface area (Å²) < 4.78 is 5.41. The Morgan fingerprint density at radius 2 is 1.47 bits per heavy atom. The zero-order valence-electron chi connectivity index (χ0n) is 18.6. The molecule has 162 valence electrons. The number of hydrogen-bond donors (Lipinski definition) is 0. The maximum Gasteiger partial charge on any atom is 0.338 e. The third-order valence-electron chi connectivity index (χ3n) is 5.79. The van der Waals surface area contributed by atoms with Crippen molar-refractivity contribution in [3.8, 4) is 0 Å². The predicted molar refractivity (Wildman–Crippen MR) is 133 cm³/mol. The summed E-state index contributed by atoms with van der Waals surface area (Å²) in [5.74, 6) is -0.298. The van der Waals surface area contributed by atoms with Crippen LogP contribution in [0.3, 0.4) is 0 Å². The van der Waals surface area contributed by atoms with Gasteiger partial charge in [0.1, 0.15) is 6.61 Å². The van der Waals surface area contributed by atoms with E-state index >= 15 is 0 Å². The molecule has 0 heterocycles. The molecule has 4 nitrogen and oxygen atoms in total. The maximum atomic E-state index is 12.3. The molecule has 4 heteroatoms. The van der Waals surface area contributed by atoms with Crippen molar-refractivity contribution in [3.63, 3.8) is 0 Å². The van der Waals surface area contributed by atoms with E-state index in [1.165, 1.54) is 21.5 Å². The molecule has 0 aliphatic heterocycles. The van der Waals surface area contributed by atoms with Crippen molar-refractivity contribution >= 4 is 39.4 Å². The second-order valence-corrected chi connectivity index (χ2v) is 7.70. The first-order valence-corrected chi connectivity index (χ1v) is 11.1. The maximum absolute atomic E-state index is 12.3. The zero-order chi connectivity index (χ0) is 22.3. The third kappa shape index (κ3) is 4.87. The molecule has 0 fully saturated rings. The van der Waals surface area contributed by atoms with Gasteiger partial charge in [0.15, 0.2) is 0 Å². The summed E-state index contributed by atoms with van der Waals surface area (Å²) in [7, 11) is 0. The zero-order valence-corrected chi connectivity index (χ0v) is 18.6. The minimum atomic E-state index is -0.298. The summed E-state index contributed by atoms with van der Waals surface area (Å²) in [5.41, 5.74) is 2.43. The van der Waals surface area contributed by atoms with Crippen LogP contribution in [-0.2, 0) is 4.74 Å². The normalized spacial score (nSPS) is 11.6. The monoisotopic (exact) mass is 424 g/mol. The van der Waals surface area contributed by atoms with E-state index in [-0.39, 0.29) is 5.97 Å². The lowest BCUT2D eigenvalue weighted by atomic mass is 9.97. The van der Waals surface area contributed by atoms with Crippen molar-refractivity contribution < 1.29 is 9.53 Å². The van der Waals surface area contributed by atoms with E-state index in [0.717, 1.165) is 30.9 Å². The van der Waals surface area contributed by atoms with Gasteiger partial charge < -0.3 is 9.64 Å². The van der Waals surface area contributed by atoms with Crippen molar-refractivity contribution in [1.82, 2.24) is 4.90 Å². The minimum Gasteiger partial charge on any atom is -0.461 e. The average molecular weight is 425 g/mol. The molecule has 4 rings (SSSR count). The number of carbonyl (C=O) groups excluding carboxylic acids is 1. The first-order valence-electron chi connectivity index (χ1n) is 11.1. The molecule has 0 aliphatic rings. The molecule has 0 saturated carbocycles. The Labute approximate surface area is 189 Å². The van der Waals surface area contributed by atoms with E-state index in [2.05, 4.69) is 73.3 Å². The Morgan fingerprint density at radius 1 is 0.875 bits per heavy atom. The number of aliphatic imine (C=N–C) groups is 1. The Bertz CT molecular complexity index is 1190. The van der Waals surface area contributed by atoms with Crippen LogP contribution >= 0.6 is 0 Å². The molecule has 0 unspecified atom stereocenters. The molecule has 0 bridgehead atoms. The Balaban J connectivity index is 1.52. The summed E-state index contributed by atoms with van der Waals surface area (Å²) in [6.07, 6.45) is 1.92. The SMILES string of the molecule is CCN(CC)CCOC(=O)c1ccc(N=Cc2c3ccccc3cc3ccccc23)cc1. The highest BCUT2D eigenvalue weighted by atomic mass is 16.5. The molecule has 0 amide bonds. The van der Waals surface area contributed by atoms with Crippen LogP contribution in [0.5, 0.6) is 0 Å². The van der Waals surface area contributed by atoms with E-state index in [1.807, 2.05) is 18.3 Å². The number of fused-ring (bicyclic) bond motifs is 2. The number of nitrogens with zero attached hydrogens (tertiary/aromatic N) is 2. The first-order chi connectivity index (χ1) is 15.7. The molecule has 4 aromatic rings. The van der Waals surface area contributed by atoms with Crippen LogP contribution in [-0.4, -0.2) is 43.3 Å². The molecule has 0 aromatic heterocycles. The molecule has 0 radical (unpaired) electrons. The molecule has 32 heavy (non-hydrogen) atoms. The van der Waals surface area contributed by atoms with Crippen LogP contribution in [0.4, 0.5) is 5.69 Å². The van der Waals surface area contributed by atoms with Crippen LogP contribution in [0.25, 0.3) is 21.5 Å². The largest absolute Gasteiger partial charge is 0.461 e. The van der Waals surface area contributed by atoms with Gasteiger partial charge in [0, 0.05) is 18.3 Å². The van der Waals surface area contributed by atoms with Crippen LogP contribution < -0.4 is 0 Å². The van der Waals surface area contributed by atoms with Crippen LogP contribution in [0, 0.1) is 0 Å².